The number of carbonyl (C=O) groups is 2. The highest BCUT2D eigenvalue weighted by molar-refractivity contribution is 5.82. The second-order valence-corrected chi connectivity index (χ2v) is 11.4. The van der Waals surface area contributed by atoms with Crippen molar-refractivity contribution in [1.82, 2.24) is 26.4 Å². The van der Waals surface area contributed by atoms with Crippen molar-refractivity contribution in [1.29, 1.82) is 0 Å². The molecule has 0 aromatic heterocycles. The van der Waals surface area contributed by atoms with Gasteiger partial charge in [-0.3, -0.25) is 20.3 Å². The van der Waals surface area contributed by atoms with Gasteiger partial charge in [0.1, 0.15) is 0 Å². The van der Waals surface area contributed by atoms with Gasteiger partial charge in [-0.05, 0) is 65.2 Å². The Kier molecular flexibility index (Phi) is 7.46. The van der Waals surface area contributed by atoms with Gasteiger partial charge in [-0.15, -0.1) is 0 Å². The number of nitrogens with zero attached hydrogens (tertiary/aromatic N) is 1. The molecule has 4 saturated heterocycles. The Labute approximate surface area is 203 Å². The van der Waals surface area contributed by atoms with E-state index in [1.54, 1.807) is 0 Å². The van der Waals surface area contributed by atoms with Crippen LogP contribution in [-0.4, -0.2) is 79.6 Å². The fourth-order valence-corrected chi connectivity index (χ4v) is 6.89. The van der Waals surface area contributed by atoms with Crippen LogP contribution >= 0.6 is 0 Å². The van der Waals surface area contributed by atoms with Crippen LogP contribution in [0.2, 0.25) is 0 Å². The average molecular weight is 478 g/mol. The largest absolute Gasteiger partial charge is 0.373 e. The summed E-state index contributed by atoms with van der Waals surface area (Å²) in [6.07, 6.45) is 6.29. The van der Waals surface area contributed by atoms with E-state index < -0.39 is 0 Å². The number of fused-ring (bicyclic) bond motifs is 2. The molecule has 4 N–H and O–H groups in total. The summed E-state index contributed by atoms with van der Waals surface area (Å²) >= 11 is 0. The number of hydrogen-bond donors (Lipinski definition) is 4. The van der Waals surface area contributed by atoms with Crippen molar-refractivity contribution in [2.75, 3.05) is 26.3 Å². The number of ether oxygens (including phenoxy) is 2. The highest BCUT2D eigenvalue weighted by atomic mass is 16.6. The minimum absolute atomic E-state index is 0.0695. The lowest BCUT2D eigenvalue weighted by Gasteiger charge is -2.47. The van der Waals surface area contributed by atoms with Gasteiger partial charge in [-0.1, -0.05) is 0 Å². The van der Waals surface area contributed by atoms with Gasteiger partial charge < -0.3 is 20.1 Å². The molecule has 9 unspecified atom stereocenters. The predicted octanol–water partition coefficient (Wildman–Crippen LogP) is 0.750. The first kappa shape index (κ1) is 24.4. The highest BCUT2D eigenvalue weighted by Crippen LogP contribution is 2.40. The summed E-state index contributed by atoms with van der Waals surface area (Å²) in [6.45, 7) is 9.03. The molecule has 0 aromatic carbocycles. The van der Waals surface area contributed by atoms with E-state index in [2.05, 4.69) is 40.2 Å². The fourth-order valence-electron chi connectivity index (χ4n) is 6.89. The van der Waals surface area contributed by atoms with Crippen molar-refractivity contribution in [2.45, 2.75) is 95.8 Å². The van der Waals surface area contributed by atoms with Crippen LogP contribution in [0.5, 0.6) is 0 Å². The summed E-state index contributed by atoms with van der Waals surface area (Å²) in [5, 5.41) is 12.4. The molecule has 0 bridgehead atoms. The van der Waals surface area contributed by atoms with Crippen LogP contribution in [0, 0.1) is 23.7 Å². The number of hydrazine groups is 1. The monoisotopic (exact) mass is 477 g/mol. The van der Waals surface area contributed by atoms with Crippen molar-refractivity contribution >= 4 is 11.8 Å². The topological polar surface area (TPSA) is 104 Å². The summed E-state index contributed by atoms with van der Waals surface area (Å²) in [5.41, 5.74) is 3.55. The molecule has 2 amide bonds. The lowest BCUT2D eigenvalue weighted by atomic mass is 9.72. The third-order valence-electron chi connectivity index (χ3n) is 8.84. The average Bonchev–Trinajstić information content (AvgIpc) is 3.27. The first-order valence-corrected chi connectivity index (χ1v) is 13.5. The van der Waals surface area contributed by atoms with E-state index >= 15 is 0 Å². The maximum absolute atomic E-state index is 13.5. The standard InChI is InChI=1S/C25H43N5O4/c1-14(2)30-23-19(13-27-30)18(25(32)26-12-17-5-4-15(3)28-24(17)31)11-20(29-23)16-6-7-21-22(10-16)34-9-8-33-21/h14-23,27,29H,4-13H2,1-3H3,(H,26,32)(H,28,31). The van der Waals surface area contributed by atoms with Crippen molar-refractivity contribution in [3.8, 4) is 0 Å². The van der Waals surface area contributed by atoms with Gasteiger partial charge in [0.25, 0.3) is 0 Å². The van der Waals surface area contributed by atoms with Gasteiger partial charge in [0.15, 0.2) is 0 Å². The fraction of sp³-hybridized carbons (Fsp3) is 0.920. The van der Waals surface area contributed by atoms with Gasteiger partial charge in [0.2, 0.25) is 11.8 Å². The quantitative estimate of drug-likeness (QED) is 0.463. The maximum Gasteiger partial charge on any atom is 0.225 e. The Balaban J connectivity index is 1.26. The molecule has 5 fully saturated rings. The Morgan fingerprint density at radius 2 is 1.91 bits per heavy atom. The first-order valence-electron chi connectivity index (χ1n) is 13.5. The molecule has 5 rings (SSSR count). The van der Waals surface area contributed by atoms with Crippen LogP contribution in [0.1, 0.15) is 59.3 Å². The SMILES string of the molecule is CC1CCC(CNC(=O)C2CC(C3CCC4OCCOC4C3)NC3C2CNN3C(C)C)C(=O)N1. The van der Waals surface area contributed by atoms with Crippen LogP contribution < -0.4 is 21.4 Å². The minimum atomic E-state index is -0.124. The molecule has 4 heterocycles. The first-order chi connectivity index (χ1) is 16.4. The molecule has 9 nitrogen and oxygen atoms in total. The van der Waals surface area contributed by atoms with Crippen LogP contribution in [0.15, 0.2) is 0 Å². The van der Waals surface area contributed by atoms with E-state index in [1.165, 1.54) is 0 Å². The number of rotatable bonds is 5. The lowest BCUT2D eigenvalue weighted by Crippen LogP contribution is -2.62. The molecule has 0 spiro atoms. The third-order valence-corrected chi connectivity index (χ3v) is 8.84. The Morgan fingerprint density at radius 1 is 1.12 bits per heavy atom. The predicted molar refractivity (Wildman–Crippen MR) is 127 cm³/mol. The van der Waals surface area contributed by atoms with E-state index in [0.717, 1.165) is 45.1 Å². The Bertz CT molecular complexity index is 751. The number of piperidine rings is 2. The van der Waals surface area contributed by atoms with Gasteiger partial charge in [0.05, 0.1) is 37.5 Å². The number of carbonyl (C=O) groups excluding carboxylic acids is 2. The van der Waals surface area contributed by atoms with E-state index in [0.29, 0.717) is 31.7 Å². The molecular formula is C25H43N5O4. The molecule has 9 atom stereocenters. The van der Waals surface area contributed by atoms with Crippen molar-refractivity contribution < 1.29 is 19.1 Å². The van der Waals surface area contributed by atoms with E-state index in [9.17, 15) is 9.59 Å². The number of nitrogens with one attached hydrogen (secondary N) is 4. The minimum Gasteiger partial charge on any atom is -0.373 e. The van der Waals surface area contributed by atoms with Gasteiger partial charge in [-0.25, -0.2) is 5.01 Å². The van der Waals surface area contributed by atoms with E-state index in [4.69, 9.17) is 9.47 Å². The van der Waals surface area contributed by atoms with Gasteiger partial charge in [0, 0.05) is 43.1 Å². The summed E-state index contributed by atoms with van der Waals surface area (Å²) in [6, 6.07) is 0.831. The Morgan fingerprint density at radius 3 is 2.68 bits per heavy atom. The number of hydrogen-bond acceptors (Lipinski definition) is 7. The van der Waals surface area contributed by atoms with Crippen molar-refractivity contribution in [3.05, 3.63) is 0 Å². The second kappa shape index (κ2) is 10.4. The summed E-state index contributed by atoms with van der Waals surface area (Å²) in [4.78, 5) is 25.9. The maximum atomic E-state index is 13.5. The third kappa shape index (κ3) is 5.00. The van der Waals surface area contributed by atoms with Crippen LogP contribution in [0.25, 0.3) is 0 Å². The zero-order valence-electron chi connectivity index (χ0n) is 20.9. The zero-order valence-corrected chi connectivity index (χ0v) is 20.9. The smallest absolute Gasteiger partial charge is 0.225 e. The normalized spacial score (nSPS) is 43.2. The molecule has 192 valence electrons. The van der Waals surface area contributed by atoms with Gasteiger partial charge >= 0.3 is 0 Å². The molecule has 0 aromatic rings. The number of amides is 2. The molecule has 1 saturated carbocycles. The molecule has 34 heavy (non-hydrogen) atoms. The zero-order chi connectivity index (χ0) is 23.8. The van der Waals surface area contributed by atoms with Crippen LogP contribution in [-0.2, 0) is 19.1 Å². The van der Waals surface area contributed by atoms with E-state index in [-0.39, 0.29) is 60.0 Å². The van der Waals surface area contributed by atoms with Gasteiger partial charge in [-0.2, -0.15) is 0 Å². The Hall–Kier alpha value is -1.26. The summed E-state index contributed by atoms with van der Waals surface area (Å²) in [5.74, 6) is 0.663. The van der Waals surface area contributed by atoms with E-state index in [1.807, 2.05) is 6.92 Å². The van der Waals surface area contributed by atoms with Crippen molar-refractivity contribution in [2.24, 2.45) is 23.7 Å². The molecule has 4 aliphatic heterocycles. The molecule has 1 aliphatic carbocycles. The summed E-state index contributed by atoms with van der Waals surface area (Å²) < 4.78 is 12.0. The molecular weight excluding hydrogens is 434 g/mol. The molecule has 5 aliphatic rings. The van der Waals surface area contributed by atoms with Crippen LogP contribution in [0.4, 0.5) is 0 Å². The molecule has 9 heteroatoms. The highest BCUT2D eigenvalue weighted by Gasteiger charge is 2.50. The summed E-state index contributed by atoms with van der Waals surface area (Å²) in [7, 11) is 0. The lowest BCUT2D eigenvalue weighted by molar-refractivity contribution is -0.165. The second-order valence-electron chi connectivity index (χ2n) is 11.4. The van der Waals surface area contributed by atoms with Crippen LogP contribution in [0.3, 0.4) is 0 Å². The molecule has 0 radical (unpaired) electrons. The van der Waals surface area contributed by atoms with Crippen molar-refractivity contribution in [3.63, 3.8) is 0 Å².